The second-order valence-electron chi connectivity index (χ2n) is 5.09. The highest BCUT2D eigenvalue weighted by molar-refractivity contribution is 9.10. The van der Waals surface area contributed by atoms with Crippen molar-refractivity contribution in [2.24, 2.45) is 5.92 Å². The van der Waals surface area contributed by atoms with Crippen LogP contribution in [0.3, 0.4) is 0 Å². The van der Waals surface area contributed by atoms with Crippen molar-refractivity contribution >= 4 is 15.9 Å². The molecule has 1 aromatic heterocycles. The Morgan fingerprint density at radius 3 is 2.85 bits per heavy atom. The van der Waals surface area contributed by atoms with Gasteiger partial charge in [0.2, 0.25) is 0 Å². The molecule has 108 valence electrons. The number of rotatable bonds is 6. The molecular formula is C15H20BrN3O. The van der Waals surface area contributed by atoms with E-state index in [1.54, 1.807) is 7.11 Å². The fourth-order valence-corrected chi connectivity index (χ4v) is 2.30. The molecule has 0 radical (unpaired) electrons. The van der Waals surface area contributed by atoms with Crippen LogP contribution in [0.15, 0.2) is 34.9 Å². The molecule has 20 heavy (non-hydrogen) atoms. The molecule has 0 atom stereocenters. The van der Waals surface area contributed by atoms with E-state index in [1.807, 2.05) is 35.1 Å². The Kier molecular flexibility index (Phi) is 5.20. The van der Waals surface area contributed by atoms with Crippen molar-refractivity contribution in [2.45, 2.75) is 20.4 Å². The molecule has 2 aromatic rings. The molecule has 5 heteroatoms. The summed E-state index contributed by atoms with van der Waals surface area (Å²) in [6, 6.07) is 7.87. The summed E-state index contributed by atoms with van der Waals surface area (Å²) in [4.78, 5) is 0. The van der Waals surface area contributed by atoms with Gasteiger partial charge in [0.1, 0.15) is 5.75 Å². The summed E-state index contributed by atoms with van der Waals surface area (Å²) in [7, 11) is 1.66. The van der Waals surface area contributed by atoms with Crippen molar-refractivity contribution in [3.05, 3.63) is 40.6 Å². The highest BCUT2D eigenvalue weighted by Crippen LogP contribution is 2.25. The predicted octanol–water partition coefficient (Wildman–Crippen LogP) is 3.39. The number of nitrogens with one attached hydrogen (secondary N) is 1. The fourth-order valence-electron chi connectivity index (χ4n) is 1.87. The lowest BCUT2D eigenvalue weighted by Crippen LogP contribution is -2.19. The molecule has 0 fully saturated rings. The van der Waals surface area contributed by atoms with Crippen molar-refractivity contribution in [2.75, 3.05) is 13.7 Å². The van der Waals surface area contributed by atoms with Gasteiger partial charge in [-0.2, -0.15) is 5.10 Å². The van der Waals surface area contributed by atoms with E-state index in [9.17, 15) is 0 Å². The third-order valence-corrected chi connectivity index (χ3v) is 3.57. The second-order valence-corrected chi connectivity index (χ2v) is 5.95. The van der Waals surface area contributed by atoms with Gasteiger partial charge in [-0.1, -0.05) is 13.8 Å². The number of aromatic nitrogens is 2. The lowest BCUT2D eigenvalue weighted by atomic mass is 10.2. The van der Waals surface area contributed by atoms with Gasteiger partial charge in [0.05, 0.1) is 18.5 Å². The van der Waals surface area contributed by atoms with Gasteiger partial charge >= 0.3 is 0 Å². The molecule has 0 aliphatic heterocycles. The Hall–Kier alpha value is -1.33. The monoisotopic (exact) mass is 337 g/mol. The second kappa shape index (κ2) is 6.90. The van der Waals surface area contributed by atoms with Crippen LogP contribution >= 0.6 is 15.9 Å². The minimum absolute atomic E-state index is 0.643. The van der Waals surface area contributed by atoms with Gasteiger partial charge in [-0.3, -0.25) is 0 Å². The molecule has 0 saturated heterocycles. The van der Waals surface area contributed by atoms with Crippen molar-refractivity contribution in [3.63, 3.8) is 0 Å². The quantitative estimate of drug-likeness (QED) is 0.878. The Morgan fingerprint density at radius 2 is 2.15 bits per heavy atom. The minimum atomic E-state index is 0.643. The van der Waals surface area contributed by atoms with E-state index in [0.717, 1.165) is 34.7 Å². The molecule has 0 aliphatic carbocycles. The van der Waals surface area contributed by atoms with E-state index in [-0.39, 0.29) is 0 Å². The van der Waals surface area contributed by atoms with Crippen molar-refractivity contribution in [1.82, 2.24) is 15.1 Å². The van der Waals surface area contributed by atoms with Gasteiger partial charge in [-0.15, -0.1) is 0 Å². The van der Waals surface area contributed by atoms with E-state index < -0.39 is 0 Å². The Bertz CT molecular complexity index is 566. The number of nitrogens with zero attached hydrogens (tertiary/aromatic N) is 2. The van der Waals surface area contributed by atoms with E-state index in [1.165, 1.54) is 0 Å². The van der Waals surface area contributed by atoms with E-state index in [0.29, 0.717) is 5.92 Å². The van der Waals surface area contributed by atoms with Gasteiger partial charge in [-0.05, 0) is 46.6 Å². The molecule has 0 aliphatic rings. The summed E-state index contributed by atoms with van der Waals surface area (Å²) in [5.74, 6) is 1.46. The number of methoxy groups -OCH3 is 1. The normalized spacial score (nSPS) is 11.1. The first-order chi connectivity index (χ1) is 9.60. The van der Waals surface area contributed by atoms with Gasteiger partial charge in [-0.25, -0.2) is 4.68 Å². The summed E-state index contributed by atoms with van der Waals surface area (Å²) in [5.41, 5.74) is 2.00. The predicted molar refractivity (Wildman–Crippen MR) is 84.4 cm³/mol. The molecule has 0 spiro atoms. The highest BCUT2D eigenvalue weighted by Gasteiger charge is 2.07. The average Bonchev–Trinajstić information content (AvgIpc) is 2.87. The summed E-state index contributed by atoms with van der Waals surface area (Å²) in [6.07, 6.45) is 1.96. The van der Waals surface area contributed by atoms with E-state index in [4.69, 9.17) is 4.74 Å². The number of benzene rings is 1. The third kappa shape index (κ3) is 3.84. The molecule has 0 amide bonds. The number of ether oxygens (including phenoxy) is 1. The van der Waals surface area contributed by atoms with Crippen molar-refractivity contribution < 1.29 is 4.74 Å². The molecule has 1 N–H and O–H groups in total. The van der Waals surface area contributed by atoms with Crippen LogP contribution in [0, 0.1) is 5.92 Å². The Labute approximate surface area is 128 Å². The molecule has 0 saturated carbocycles. The molecule has 4 nitrogen and oxygen atoms in total. The average molecular weight is 338 g/mol. The summed E-state index contributed by atoms with van der Waals surface area (Å²) < 4.78 is 8.10. The third-order valence-electron chi connectivity index (χ3n) is 2.90. The van der Waals surface area contributed by atoms with Crippen LogP contribution in [0.2, 0.25) is 0 Å². The number of hydrogen-bond donors (Lipinski definition) is 1. The van der Waals surface area contributed by atoms with Crippen LogP contribution < -0.4 is 10.1 Å². The Morgan fingerprint density at radius 1 is 1.35 bits per heavy atom. The van der Waals surface area contributed by atoms with Crippen LogP contribution in [0.5, 0.6) is 5.75 Å². The SMILES string of the molecule is COc1ccc(Br)c(-n2ccc(CNCC(C)C)n2)c1. The maximum Gasteiger partial charge on any atom is 0.121 e. The van der Waals surface area contributed by atoms with Crippen LogP contribution in [0.1, 0.15) is 19.5 Å². The van der Waals surface area contributed by atoms with Crippen molar-refractivity contribution in [3.8, 4) is 11.4 Å². The van der Waals surface area contributed by atoms with Gasteiger partial charge in [0, 0.05) is 23.3 Å². The standard InChI is InChI=1S/C15H20BrN3O/c1-11(2)9-17-10-12-6-7-19(18-12)15-8-13(20-3)4-5-14(15)16/h4-8,11,17H,9-10H2,1-3H3. The summed E-state index contributed by atoms with van der Waals surface area (Å²) in [5, 5.41) is 7.97. The lowest BCUT2D eigenvalue weighted by Gasteiger charge is -2.08. The summed E-state index contributed by atoms with van der Waals surface area (Å²) >= 11 is 3.55. The topological polar surface area (TPSA) is 39.1 Å². The van der Waals surface area contributed by atoms with Crippen LogP contribution in [0.25, 0.3) is 5.69 Å². The van der Waals surface area contributed by atoms with Crippen LogP contribution in [-0.4, -0.2) is 23.4 Å². The summed E-state index contributed by atoms with van der Waals surface area (Å²) in [6.45, 7) is 6.17. The molecule has 1 aromatic carbocycles. The zero-order chi connectivity index (χ0) is 14.5. The molecular weight excluding hydrogens is 318 g/mol. The first kappa shape index (κ1) is 15.1. The highest BCUT2D eigenvalue weighted by atomic mass is 79.9. The first-order valence-corrected chi connectivity index (χ1v) is 7.48. The van der Waals surface area contributed by atoms with Gasteiger partial charge < -0.3 is 10.1 Å². The van der Waals surface area contributed by atoms with Gasteiger partial charge in [0.15, 0.2) is 0 Å². The first-order valence-electron chi connectivity index (χ1n) is 6.69. The zero-order valence-electron chi connectivity index (χ0n) is 12.1. The maximum absolute atomic E-state index is 5.26. The largest absolute Gasteiger partial charge is 0.497 e. The smallest absolute Gasteiger partial charge is 0.121 e. The lowest BCUT2D eigenvalue weighted by molar-refractivity contribution is 0.414. The zero-order valence-corrected chi connectivity index (χ0v) is 13.6. The number of hydrogen-bond acceptors (Lipinski definition) is 3. The van der Waals surface area contributed by atoms with Crippen LogP contribution in [-0.2, 0) is 6.54 Å². The maximum atomic E-state index is 5.26. The minimum Gasteiger partial charge on any atom is -0.497 e. The van der Waals surface area contributed by atoms with Gasteiger partial charge in [0.25, 0.3) is 0 Å². The molecule has 0 unspecified atom stereocenters. The fraction of sp³-hybridized carbons (Fsp3) is 0.400. The van der Waals surface area contributed by atoms with E-state index >= 15 is 0 Å². The molecule has 1 heterocycles. The molecule has 2 rings (SSSR count). The Balaban J connectivity index is 2.12. The van der Waals surface area contributed by atoms with Crippen LogP contribution in [0.4, 0.5) is 0 Å². The number of halogens is 1. The van der Waals surface area contributed by atoms with Crippen molar-refractivity contribution in [1.29, 1.82) is 0 Å². The molecule has 0 bridgehead atoms. The van der Waals surface area contributed by atoms with E-state index in [2.05, 4.69) is 40.2 Å².